The maximum absolute atomic E-state index is 12.9. The lowest BCUT2D eigenvalue weighted by Crippen LogP contribution is -2.41. The number of sulfonamides is 1. The van der Waals surface area contributed by atoms with Crippen molar-refractivity contribution in [3.8, 4) is 0 Å². The number of rotatable bonds is 6. The Labute approximate surface area is 185 Å². The fourth-order valence-corrected chi connectivity index (χ4v) is 5.72. The summed E-state index contributed by atoms with van der Waals surface area (Å²) in [5.41, 5.74) is 0.567. The summed E-state index contributed by atoms with van der Waals surface area (Å²) < 4.78 is 32.4. The van der Waals surface area contributed by atoms with E-state index in [2.05, 4.69) is 5.32 Å². The Morgan fingerprint density at radius 1 is 1.06 bits per heavy atom. The Balaban J connectivity index is 1.55. The second-order valence-electron chi connectivity index (χ2n) is 8.29. The lowest BCUT2D eigenvalue weighted by atomic mass is 9.96. The Bertz CT molecular complexity index is 858. The van der Waals surface area contributed by atoms with E-state index in [1.807, 2.05) is 0 Å². The molecule has 1 aromatic carbocycles. The highest BCUT2D eigenvalue weighted by Gasteiger charge is 2.30. The van der Waals surface area contributed by atoms with Crippen molar-refractivity contribution in [1.29, 1.82) is 0 Å². The second-order valence-corrected chi connectivity index (χ2v) is 10.3. The number of piperidine rings is 1. The van der Waals surface area contributed by atoms with E-state index in [1.165, 1.54) is 10.7 Å². The molecule has 2 amide bonds. The molecule has 1 saturated heterocycles. The molecule has 8 nitrogen and oxygen atoms in total. The Morgan fingerprint density at radius 2 is 1.68 bits per heavy atom. The second kappa shape index (κ2) is 10.5. The lowest BCUT2D eigenvalue weighted by Gasteiger charge is -2.30. The minimum atomic E-state index is -3.55. The fraction of sp³-hybridized carbons (Fsp3) is 0.636. The quantitative estimate of drug-likeness (QED) is 0.715. The molecule has 0 radical (unpaired) electrons. The van der Waals surface area contributed by atoms with Crippen molar-refractivity contribution in [2.45, 2.75) is 62.8 Å². The molecule has 9 heteroatoms. The predicted octanol–water partition coefficient (Wildman–Crippen LogP) is 3.45. The number of ether oxygens (including phenoxy) is 1. The summed E-state index contributed by atoms with van der Waals surface area (Å²) in [5.74, 6) is -0.301. The maximum atomic E-state index is 12.9. The Kier molecular flexibility index (Phi) is 7.94. The first kappa shape index (κ1) is 23.5. The number of likely N-dealkylation sites (tertiary alicyclic amines) is 1. The first-order valence-electron chi connectivity index (χ1n) is 11.1. The van der Waals surface area contributed by atoms with Crippen LogP contribution in [-0.4, -0.2) is 62.4 Å². The number of hydrogen-bond acceptors (Lipinski definition) is 5. The number of amides is 2. The summed E-state index contributed by atoms with van der Waals surface area (Å²) in [5, 5.41) is 2.87. The molecule has 31 heavy (non-hydrogen) atoms. The van der Waals surface area contributed by atoms with Crippen molar-refractivity contribution in [3.05, 3.63) is 24.3 Å². The first-order valence-corrected chi connectivity index (χ1v) is 12.6. The van der Waals surface area contributed by atoms with Crippen LogP contribution >= 0.6 is 0 Å². The third-order valence-electron chi connectivity index (χ3n) is 6.28. The molecule has 1 aromatic rings. The van der Waals surface area contributed by atoms with Gasteiger partial charge in [0.1, 0.15) is 0 Å². The largest absolute Gasteiger partial charge is 0.450 e. The van der Waals surface area contributed by atoms with Gasteiger partial charge in [-0.2, -0.15) is 4.31 Å². The van der Waals surface area contributed by atoms with Crippen molar-refractivity contribution in [1.82, 2.24) is 9.21 Å². The van der Waals surface area contributed by atoms with Gasteiger partial charge in [0.2, 0.25) is 15.9 Å². The zero-order valence-corrected chi connectivity index (χ0v) is 19.2. The van der Waals surface area contributed by atoms with Crippen LogP contribution in [0.4, 0.5) is 10.5 Å². The van der Waals surface area contributed by atoms with Gasteiger partial charge in [-0.15, -0.1) is 0 Å². The predicted molar refractivity (Wildman–Crippen MR) is 118 cm³/mol. The molecular weight excluding hydrogens is 418 g/mol. The molecule has 1 saturated carbocycles. The molecule has 1 N–H and O–H groups in total. The van der Waals surface area contributed by atoms with Crippen molar-refractivity contribution in [2.75, 3.05) is 32.1 Å². The summed E-state index contributed by atoms with van der Waals surface area (Å²) in [6.07, 6.45) is 5.91. The normalized spacial score (nSPS) is 18.7. The van der Waals surface area contributed by atoms with Crippen LogP contribution in [0, 0.1) is 5.92 Å². The van der Waals surface area contributed by atoms with E-state index in [-0.39, 0.29) is 28.9 Å². The van der Waals surface area contributed by atoms with E-state index < -0.39 is 10.0 Å². The average molecular weight is 452 g/mol. The molecular formula is C22H33N3O5S. The number of carbonyl (C=O) groups excluding carboxylic acids is 2. The van der Waals surface area contributed by atoms with Gasteiger partial charge in [-0.25, -0.2) is 13.2 Å². The van der Waals surface area contributed by atoms with E-state index in [4.69, 9.17) is 4.74 Å². The number of nitrogens with zero attached hydrogens (tertiary/aromatic N) is 2. The van der Waals surface area contributed by atoms with E-state index in [0.717, 1.165) is 25.7 Å². The van der Waals surface area contributed by atoms with Gasteiger partial charge in [-0.05, 0) is 56.9 Å². The molecule has 0 bridgehead atoms. The van der Waals surface area contributed by atoms with E-state index in [9.17, 15) is 18.0 Å². The maximum Gasteiger partial charge on any atom is 0.409 e. The van der Waals surface area contributed by atoms with Gasteiger partial charge in [0.15, 0.2) is 0 Å². The highest BCUT2D eigenvalue weighted by Crippen LogP contribution is 2.27. The van der Waals surface area contributed by atoms with Crippen LogP contribution in [-0.2, 0) is 19.6 Å². The van der Waals surface area contributed by atoms with Crippen molar-refractivity contribution in [2.24, 2.45) is 5.92 Å². The minimum Gasteiger partial charge on any atom is -0.450 e. The van der Waals surface area contributed by atoms with Crippen molar-refractivity contribution in [3.63, 3.8) is 0 Å². The third-order valence-corrected chi connectivity index (χ3v) is 8.20. The van der Waals surface area contributed by atoms with Gasteiger partial charge in [0.05, 0.1) is 11.5 Å². The molecule has 0 aromatic heterocycles. The minimum absolute atomic E-state index is 0.0543. The van der Waals surface area contributed by atoms with E-state index >= 15 is 0 Å². The highest BCUT2D eigenvalue weighted by atomic mass is 32.2. The molecule has 1 aliphatic heterocycles. The molecule has 0 unspecified atom stereocenters. The van der Waals surface area contributed by atoms with Crippen LogP contribution in [0.1, 0.15) is 51.9 Å². The number of nitrogens with one attached hydrogen (secondary N) is 1. The molecule has 2 aliphatic rings. The average Bonchev–Trinajstić information content (AvgIpc) is 2.79. The standard InChI is InChI=1S/C22H33N3O5S/c1-3-30-22(27)25-15-13-17(14-16-25)21(26)23-18-9-11-20(12-10-18)31(28,29)24(2)19-7-5-4-6-8-19/h9-12,17,19H,3-8,13-16H2,1-2H3,(H,23,26). The van der Waals surface area contributed by atoms with Crippen LogP contribution in [0.3, 0.4) is 0 Å². The molecule has 3 rings (SSSR count). The fourth-order valence-electron chi connectivity index (χ4n) is 4.30. The lowest BCUT2D eigenvalue weighted by molar-refractivity contribution is -0.121. The zero-order valence-electron chi connectivity index (χ0n) is 18.4. The smallest absolute Gasteiger partial charge is 0.409 e. The van der Waals surface area contributed by atoms with Crippen LogP contribution < -0.4 is 5.32 Å². The van der Waals surface area contributed by atoms with Gasteiger partial charge >= 0.3 is 6.09 Å². The SMILES string of the molecule is CCOC(=O)N1CCC(C(=O)Nc2ccc(S(=O)(=O)N(C)C3CCCCC3)cc2)CC1. The Morgan fingerprint density at radius 3 is 2.26 bits per heavy atom. The van der Waals surface area contributed by atoms with Gasteiger partial charge in [-0.1, -0.05) is 19.3 Å². The number of carbonyl (C=O) groups is 2. The van der Waals surface area contributed by atoms with Gasteiger partial charge in [0, 0.05) is 37.8 Å². The third kappa shape index (κ3) is 5.77. The van der Waals surface area contributed by atoms with Crippen LogP contribution in [0.2, 0.25) is 0 Å². The molecule has 0 spiro atoms. The summed E-state index contributed by atoms with van der Waals surface area (Å²) in [7, 11) is -1.90. The summed E-state index contributed by atoms with van der Waals surface area (Å²) in [6.45, 7) is 3.08. The van der Waals surface area contributed by atoms with Gasteiger partial charge < -0.3 is 15.0 Å². The number of benzene rings is 1. The first-order chi connectivity index (χ1) is 14.8. The van der Waals surface area contributed by atoms with Crippen LogP contribution in [0.15, 0.2) is 29.2 Å². The van der Waals surface area contributed by atoms with Gasteiger partial charge in [0.25, 0.3) is 0 Å². The Hall–Kier alpha value is -2.13. The summed E-state index contributed by atoms with van der Waals surface area (Å²) in [6, 6.07) is 6.42. The number of hydrogen-bond donors (Lipinski definition) is 1. The monoisotopic (exact) mass is 451 g/mol. The molecule has 1 aliphatic carbocycles. The van der Waals surface area contributed by atoms with E-state index in [1.54, 1.807) is 43.1 Å². The van der Waals surface area contributed by atoms with Crippen LogP contribution in [0.5, 0.6) is 0 Å². The van der Waals surface area contributed by atoms with Crippen LogP contribution in [0.25, 0.3) is 0 Å². The van der Waals surface area contributed by atoms with Crippen molar-refractivity contribution < 1.29 is 22.7 Å². The molecule has 172 valence electrons. The van der Waals surface area contributed by atoms with E-state index in [0.29, 0.717) is 38.2 Å². The molecule has 1 heterocycles. The number of anilines is 1. The molecule has 0 atom stereocenters. The summed E-state index contributed by atoms with van der Waals surface area (Å²) >= 11 is 0. The highest BCUT2D eigenvalue weighted by molar-refractivity contribution is 7.89. The van der Waals surface area contributed by atoms with Gasteiger partial charge in [-0.3, -0.25) is 4.79 Å². The zero-order chi connectivity index (χ0) is 22.4. The van der Waals surface area contributed by atoms with Crippen molar-refractivity contribution >= 4 is 27.7 Å². The molecule has 2 fully saturated rings. The topological polar surface area (TPSA) is 96.0 Å². The summed E-state index contributed by atoms with van der Waals surface area (Å²) in [4.78, 5) is 26.2.